The molecule has 1 aliphatic rings. The Bertz CT molecular complexity index is 1000. The van der Waals surface area contributed by atoms with Crippen molar-refractivity contribution in [1.82, 2.24) is 9.63 Å². The van der Waals surface area contributed by atoms with Crippen molar-refractivity contribution in [2.24, 2.45) is 0 Å². The SMILES string of the molecule is Cc1cn(CC(=O)ON2C(=O)c3ccccc3C2=O)c2ccccc12. The third kappa shape index (κ3) is 2.39. The number of fused-ring (bicyclic) bond motifs is 2. The van der Waals surface area contributed by atoms with E-state index >= 15 is 0 Å². The smallest absolute Gasteiger partial charge is 0.336 e. The predicted molar refractivity (Wildman–Crippen MR) is 89.7 cm³/mol. The van der Waals surface area contributed by atoms with Gasteiger partial charge in [0, 0.05) is 17.1 Å². The van der Waals surface area contributed by atoms with E-state index in [9.17, 15) is 14.4 Å². The molecular formula is C19H14N2O4. The highest BCUT2D eigenvalue weighted by atomic mass is 16.7. The number of para-hydroxylation sites is 1. The van der Waals surface area contributed by atoms with Gasteiger partial charge in [-0.25, -0.2) is 4.79 Å². The molecule has 0 saturated carbocycles. The van der Waals surface area contributed by atoms with Crippen LogP contribution in [0.25, 0.3) is 10.9 Å². The van der Waals surface area contributed by atoms with E-state index in [2.05, 4.69) is 0 Å². The Morgan fingerprint density at radius 1 is 0.960 bits per heavy atom. The minimum absolute atomic E-state index is 0.0955. The molecule has 0 atom stereocenters. The number of aromatic nitrogens is 1. The van der Waals surface area contributed by atoms with E-state index < -0.39 is 17.8 Å². The molecule has 6 heteroatoms. The van der Waals surface area contributed by atoms with Crippen LogP contribution in [0.4, 0.5) is 0 Å². The Labute approximate surface area is 143 Å². The summed E-state index contributed by atoms with van der Waals surface area (Å²) < 4.78 is 1.74. The molecule has 3 aromatic rings. The van der Waals surface area contributed by atoms with Gasteiger partial charge in [0.15, 0.2) is 0 Å². The summed E-state index contributed by atoms with van der Waals surface area (Å²) in [5.41, 5.74) is 2.40. The molecule has 0 bridgehead atoms. The summed E-state index contributed by atoms with van der Waals surface area (Å²) in [5, 5.41) is 1.57. The zero-order valence-electron chi connectivity index (χ0n) is 13.4. The first-order valence-corrected chi connectivity index (χ1v) is 7.79. The van der Waals surface area contributed by atoms with Crippen molar-refractivity contribution in [3.8, 4) is 0 Å². The molecule has 0 fully saturated rings. The summed E-state index contributed by atoms with van der Waals surface area (Å²) in [5.74, 6) is -1.93. The Balaban J connectivity index is 1.55. The summed E-state index contributed by atoms with van der Waals surface area (Å²) in [7, 11) is 0. The average molecular weight is 334 g/mol. The molecule has 4 rings (SSSR count). The number of hydrogen-bond donors (Lipinski definition) is 0. The molecule has 0 unspecified atom stereocenters. The zero-order valence-corrected chi connectivity index (χ0v) is 13.4. The average Bonchev–Trinajstić information content (AvgIpc) is 3.06. The van der Waals surface area contributed by atoms with Gasteiger partial charge in [0.1, 0.15) is 6.54 Å². The maximum atomic E-state index is 12.3. The summed E-state index contributed by atoms with van der Waals surface area (Å²) >= 11 is 0. The lowest BCUT2D eigenvalue weighted by molar-refractivity contribution is -0.169. The van der Waals surface area contributed by atoms with E-state index in [1.54, 1.807) is 16.7 Å². The number of carbonyl (C=O) groups is 3. The number of amides is 2. The van der Waals surface area contributed by atoms with Crippen LogP contribution >= 0.6 is 0 Å². The number of nitrogens with zero attached hydrogens (tertiary/aromatic N) is 2. The number of aryl methyl sites for hydroxylation is 1. The fraction of sp³-hybridized carbons (Fsp3) is 0.105. The summed E-state index contributed by atoms with van der Waals surface area (Å²) in [6, 6.07) is 14.1. The van der Waals surface area contributed by atoms with Crippen LogP contribution in [-0.4, -0.2) is 27.4 Å². The van der Waals surface area contributed by atoms with Crippen molar-refractivity contribution in [3.63, 3.8) is 0 Å². The molecule has 25 heavy (non-hydrogen) atoms. The highest BCUT2D eigenvalue weighted by molar-refractivity contribution is 6.20. The second-order valence-electron chi connectivity index (χ2n) is 5.87. The van der Waals surface area contributed by atoms with Crippen LogP contribution in [0.5, 0.6) is 0 Å². The van der Waals surface area contributed by atoms with E-state index in [4.69, 9.17) is 4.84 Å². The second kappa shape index (κ2) is 5.59. The van der Waals surface area contributed by atoms with Crippen LogP contribution < -0.4 is 0 Å². The number of rotatable bonds is 3. The van der Waals surface area contributed by atoms with E-state index in [1.807, 2.05) is 37.4 Å². The van der Waals surface area contributed by atoms with Crippen LogP contribution in [0, 0.1) is 6.92 Å². The third-order valence-electron chi connectivity index (χ3n) is 4.24. The topological polar surface area (TPSA) is 68.6 Å². The standard InChI is InChI=1S/C19H14N2O4/c1-12-10-20(16-9-5-4-6-13(12)16)11-17(22)25-21-18(23)14-7-2-3-8-15(14)19(21)24/h2-10H,11H2,1H3. The fourth-order valence-electron chi connectivity index (χ4n) is 3.08. The van der Waals surface area contributed by atoms with Crippen molar-refractivity contribution in [1.29, 1.82) is 0 Å². The van der Waals surface area contributed by atoms with Crippen molar-refractivity contribution in [3.05, 3.63) is 71.4 Å². The molecule has 0 N–H and O–H groups in total. The van der Waals surface area contributed by atoms with E-state index in [0.29, 0.717) is 5.06 Å². The molecular weight excluding hydrogens is 320 g/mol. The van der Waals surface area contributed by atoms with Gasteiger partial charge in [-0.3, -0.25) is 9.59 Å². The minimum atomic E-state index is -0.685. The lowest BCUT2D eigenvalue weighted by atomic mass is 10.1. The van der Waals surface area contributed by atoms with Gasteiger partial charge < -0.3 is 9.40 Å². The number of hydroxylamine groups is 2. The van der Waals surface area contributed by atoms with Gasteiger partial charge >= 0.3 is 5.97 Å². The minimum Gasteiger partial charge on any atom is -0.336 e. The number of benzene rings is 2. The first-order chi connectivity index (χ1) is 12.1. The second-order valence-corrected chi connectivity index (χ2v) is 5.87. The third-order valence-corrected chi connectivity index (χ3v) is 4.24. The number of carbonyl (C=O) groups excluding carboxylic acids is 3. The van der Waals surface area contributed by atoms with E-state index in [1.165, 1.54) is 12.1 Å². The highest BCUT2D eigenvalue weighted by Gasteiger charge is 2.38. The molecule has 2 aromatic carbocycles. The Morgan fingerprint density at radius 3 is 2.24 bits per heavy atom. The van der Waals surface area contributed by atoms with Crippen LogP contribution in [0.2, 0.25) is 0 Å². The van der Waals surface area contributed by atoms with Gasteiger partial charge in [-0.05, 0) is 30.7 Å². The van der Waals surface area contributed by atoms with Crippen molar-refractivity contribution in [2.45, 2.75) is 13.5 Å². The maximum Gasteiger partial charge on any atom is 0.352 e. The summed E-state index contributed by atoms with van der Waals surface area (Å²) in [6.07, 6.45) is 1.84. The molecule has 2 amide bonds. The molecule has 6 nitrogen and oxygen atoms in total. The molecule has 2 heterocycles. The zero-order chi connectivity index (χ0) is 17.6. The molecule has 0 spiro atoms. The normalized spacial score (nSPS) is 13.4. The molecule has 1 aromatic heterocycles. The van der Waals surface area contributed by atoms with Gasteiger partial charge in [0.25, 0.3) is 11.8 Å². The highest BCUT2D eigenvalue weighted by Crippen LogP contribution is 2.24. The largest absolute Gasteiger partial charge is 0.352 e. The first-order valence-electron chi connectivity index (χ1n) is 7.79. The molecule has 0 radical (unpaired) electrons. The number of imide groups is 1. The van der Waals surface area contributed by atoms with Crippen LogP contribution in [0.1, 0.15) is 26.3 Å². The fourth-order valence-corrected chi connectivity index (χ4v) is 3.08. The van der Waals surface area contributed by atoms with Crippen molar-refractivity contribution in [2.75, 3.05) is 0 Å². The Hall–Kier alpha value is -3.41. The van der Waals surface area contributed by atoms with Crippen LogP contribution in [0.15, 0.2) is 54.7 Å². The monoisotopic (exact) mass is 334 g/mol. The summed E-state index contributed by atoms with van der Waals surface area (Å²) in [6.45, 7) is 1.86. The van der Waals surface area contributed by atoms with Crippen LogP contribution in [-0.2, 0) is 16.2 Å². The van der Waals surface area contributed by atoms with Gasteiger partial charge in [0.2, 0.25) is 0 Å². The first kappa shape index (κ1) is 15.1. The quantitative estimate of drug-likeness (QED) is 0.691. The van der Waals surface area contributed by atoms with Crippen molar-refractivity contribution < 1.29 is 19.2 Å². The van der Waals surface area contributed by atoms with E-state index in [0.717, 1.165) is 16.5 Å². The van der Waals surface area contributed by atoms with Gasteiger partial charge in [-0.1, -0.05) is 35.4 Å². The van der Waals surface area contributed by atoms with Crippen LogP contribution in [0.3, 0.4) is 0 Å². The summed E-state index contributed by atoms with van der Waals surface area (Å²) in [4.78, 5) is 41.8. The lowest BCUT2D eigenvalue weighted by Crippen LogP contribution is -2.33. The van der Waals surface area contributed by atoms with Crippen molar-refractivity contribution >= 4 is 28.7 Å². The Morgan fingerprint density at radius 2 is 1.56 bits per heavy atom. The van der Waals surface area contributed by atoms with Gasteiger partial charge in [0.05, 0.1) is 11.1 Å². The lowest BCUT2D eigenvalue weighted by Gasteiger charge is -2.13. The predicted octanol–water partition coefficient (Wildman–Crippen LogP) is 2.70. The molecule has 1 aliphatic heterocycles. The number of hydrogen-bond acceptors (Lipinski definition) is 4. The molecule has 0 aliphatic carbocycles. The Kier molecular flexibility index (Phi) is 3.39. The molecule has 0 saturated heterocycles. The van der Waals surface area contributed by atoms with E-state index in [-0.39, 0.29) is 17.7 Å². The van der Waals surface area contributed by atoms with Gasteiger partial charge in [-0.15, -0.1) is 0 Å². The molecule has 124 valence electrons. The van der Waals surface area contributed by atoms with Gasteiger partial charge in [-0.2, -0.15) is 0 Å². The maximum absolute atomic E-state index is 12.3.